The molecule has 0 heterocycles. The van der Waals surface area contributed by atoms with Crippen LogP contribution in [0.3, 0.4) is 0 Å². The van der Waals surface area contributed by atoms with Crippen molar-refractivity contribution in [3.05, 3.63) is 37.0 Å². The summed E-state index contributed by atoms with van der Waals surface area (Å²) >= 11 is 0. The fraction of sp³-hybridized carbons (Fsp3) is 0.600. The molecule has 3 N–H and O–H groups in total. The van der Waals surface area contributed by atoms with E-state index in [1.54, 1.807) is 12.2 Å². The number of hydrogen-bond donors (Lipinski definition) is 3. The molecule has 0 aliphatic heterocycles. The minimum absolute atomic E-state index is 0.0403. The maximum Gasteiger partial charge on any atom is 0.303 e. The Morgan fingerprint density at radius 1 is 1.28 bits per heavy atom. The average Bonchev–Trinajstić information content (AvgIpc) is 2.82. The molecule has 1 aliphatic carbocycles. The summed E-state index contributed by atoms with van der Waals surface area (Å²) in [5.74, 6) is -1.31. The average molecular weight is 350 g/mol. The molecule has 0 bridgehead atoms. The molecular weight excluding hydrogens is 320 g/mol. The molecule has 0 aromatic heterocycles. The number of Topliss-reactive ketones (excluding diaryl/α,β-unsaturated/α-hetero) is 1. The van der Waals surface area contributed by atoms with Gasteiger partial charge in [-0.2, -0.15) is 0 Å². The first kappa shape index (κ1) is 21.3. The smallest absolute Gasteiger partial charge is 0.303 e. The van der Waals surface area contributed by atoms with Crippen molar-refractivity contribution >= 4 is 11.8 Å². The molecule has 0 unspecified atom stereocenters. The summed E-state index contributed by atoms with van der Waals surface area (Å²) in [5, 5.41) is 28.6. The predicted octanol–water partition coefficient (Wildman–Crippen LogP) is 3.03. The summed E-state index contributed by atoms with van der Waals surface area (Å²) in [4.78, 5) is 22.5. The maximum absolute atomic E-state index is 12.1. The predicted molar refractivity (Wildman–Crippen MR) is 97.0 cm³/mol. The summed E-state index contributed by atoms with van der Waals surface area (Å²) in [7, 11) is 0. The van der Waals surface area contributed by atoms with E-state index in [-0.39, 0.29) is 30.5 Å². The van der Waals surface area contributed by atoms with Gasteiger partial charge in [-0.3, -0.25) is 9.59 Å². The SMILES string of the molecule is C=CCCC[C@H](O)/C=C/[C@H]1[C@H](O)CC(=O)[C@@H]1C/C=C\CCCC(=O)O. The first-order chi connectivity index (χ1) is 12.0. The number of hydrogen-bond acceptors (Lipinski definition) is 4. The van der Waals surface area contributed by atoms with Gasteiger partial charge in [0.1, 0.15) is 5.78 Å². The van der Waals surface area contributed by atoms with Crippen molar-refractivity contribution in [3.63, 3.8) is 0 Å². The molecule has 1 aliphatic rings. The molecule has 1 saturated carbocycles. The second-order valence-electron chi connectivity index (χ2n) is 6.59. The summed E-state index contributed by atoms with van der Waals surface area (Å²) in [6, 6.07) is 0. The Labute approximate surface area is 149 Å². The molecule has 140 valence electrons. The van der Waals surface area contributed by atoms with E-state index in [1.165, 1.54) is 0 Å². The zero-order valence-electron chi connectivity index (χ0n) is 14.7. The summed E-state index contributed by atoms with van der Waals surface area (Å²) in [6.45, 7) is 3.64. The van der Waals surface area contributed by atoms with Crippen LogP contribution in [0.25, 0.3) is 0 Å². The molecule has 5 heteroatoms. The second-order valence-corrected chi connectivity index (χ2v) is 6.59. The van der Waals surface area contributed by atoms with Crippen LogP contribution in [0.1, 0.15) is 51.4 Å². The van der Waals surface area contributed by atoms with Crippen LogP contribution in [0.4, 0.5) is 0 Å². The molecule has 0 amide bonds. The first-order valence-electron chi connectivity index (χ1n) is 9.00. The Hall–Kier alpha value is -1.72. The number of aliphatic hydroxyl groups excluding tert-OH is 2. The van der Waals surface area contributed by atoms with Gasteiger partial charge >= 0.3 is 5.97 Å². The molecule has 5 nitrogen and oxygen atoms in total. The number of aliphatic hydroxyl groups is 2. The number of ketones is 1. The minimum atomic E-state index is -0.806. The Balaban J connectivity index is 2.49. The molecule has 1 fully saturated rings. The molecule has 0 aromatic rings. The van der Waals surface area contributed by atoms with Crippen molar-refractivity contribution in [1.29, 1.82) is 0 Å². The van der Waals surface area contributed by atoms with Crippen LogP contribution < -0.4 is 0 Å². The fourth-order valence-electron chi connectivity index (χ4n) is 3.08. The number of aliphatic carboxylic acids is 1. The second kappa shape index (κ2) is 11.8. The van der Waals surface area contributed by atoms with Gasteiger partial charge in [0.2, 0.25) is 0 Å². The van der Waals surface area contributed by atoms with Crippen molar-refractivity contribution in [2.24, 2.45) is 11.8 Å². The van der Waals surface area contributed by atoms with E-state index < -0.39 is 18.2 Å². The van der Waals surface area contributed by atoms with E-state index in [0.717, 1.165) is 12.8 Å². The molecule has 1 rings (SSSR count). The van der Waals surface area contributed by atoms with Gasteiger partial charge < -0.3 is 15.3 Å². The Kier molecular flexibility index (Phi) is 10.0. The van der Waals surface area contributed by atoms with E-state index in [9.17, 15) is 19.8 Å². The zero-order chi connectivity index (χ0) is 18.7. The number of carboxylic acid groups (broad SMARTS) is 1. The summed E-state index contributed by atoms with van der Waals surface area (Å²) in [6.07, 6.45) is 12.2. The molecule has 0 radical (unpaired) electrons. The third-order valence-corrected chi connectivity index (χ3v) is 4.51. The van der Waals surface area contributed by atoms with Crippen LogP contribution in [-0.4, -0.2) is 39.3 Å². The van der Waals surface area contributed by atoms with Gasteiger partial charge in [-0.15, -0.1) is 6.58 Å². The van der Waals surface area contributed by atoms with E-state index in [2.05, 4.69) is 6.58 Å². The van der Waals surface area contributed by atoms with Crippen LogP contribution in [0.15, 0.2) is 37.0 Å². The Bertz CT molecular complexity index is 494. The summed E-state index contributed by atoms with van der Waals surface area (Å²) < 4.78 is 0. The van der Waals surface area contributed by atoms with Gasteiger partial charge in [-0.25, -0.2) is 0 Å². The zero-order valence-corrected chi connectivity index (χ0v) is 14.7. The largest absolute Gasteiger partial charge is 0.481 e. The van der Waals surface area contributed by atoms with Gasteiger partial charge in [-0.05, 0) is 38.5 Å². The van der Waals surface area contributed by atoms with E-state index in [0.29, 0.717) is 25.7 Å². The fourth-order valence-corrected chi connectivity index (χ4v) is 3.08. The van der Waals surface area contributed by atoms with Crippen molar-refractivity contribution in [1.82, 2.24) is 0 Å². The lowest BCUT2D eigenvalue weighted by Gasteiger charge is -2.16. The lowest BCUT2D eigenvalue weighted by Crippen LogP contribution is -2.18. The van der Waals surface area contributed by atoms with Gasteiger partial charge in [0.25, 0.3) is 0 Å². The number of unbranched alkanes of at least 4 members (excludes halogenated alkanes) is 2. The van der Waals surface area contributed by atoms with Crippen molar-refractivity contribution in [2.45, 2.75) is 63.6 Å². The van der Waals surface area contributed by atoms with Gasteiger partial charge in [0.05, 0.1) is 12.2 Å². The molecule has 0 saturated heterocycles. The third kappa shape index (κ3) is 8.27. The first-order valence-corrected chi connectivity index (χ1v) is 9.00. The third-order valence-electron chi connectivity index (χ3n) is 4.51. The molecule has 25 heavy (non-hydrogen) atoms. The molecule has 0 spiro atoms. The van der Waals surface area contributed by atoms with Crippen LogP contribution >= 0.6 is 0 Å². The number of carboxylic acids is 1. The highest BCUT2D eigenvalue weighted by atomic mass is 16.4. The number of rotatable bonds is 12. The minimum Gasteiger partial charge on any atom is -0.481 e. The highest BCUT2D eigenvalue weighted by molar-refractivity contribution is 5.84. The van der Waals surface area contributed by atoms with E-state index in [1.807, 2.05) is 18.2 Å². The highest BCUT2D eigenvalue weighted by Gasteiger charge is 2.39. The van der Waals surface area contributed by atoms with Gasteiger partial charge in [0, 0.05) is 24.7 Å². The van der Waals surface area contributed by atoms with Crippen LogP contribution in [0.2, 0.25) is 0 Å². The molecule has 0 aromatic carbocycles. The maximum atomic E-state index is 12.1. The highest BCUT2D eigenvalue weighted by Crippen LogP contribution is 2.33. The number of carbonyl (C=O) groups excluding carboxylic acids is 1. The lowest BCUT2D eigenvalue weighted by molar-refractivity contribution is -0.137. The normalized spacial score (nSPS) is 25.0. The lowest BCUT2D eigenvalue weighted by atomic mass is 9.90. The Morgan fingerprint density at radius 3 is 2.72 bits per heavy atom. The molecule has 4 atom stereocenters. The Morgan fingerprint density at radius 2 is 2.04 bits per heavy atom. The number of allylic oxidation sites excluding steroid dienone is 3. The number of carbonyl (C=O) groups is 2. The van der Waals surface area contributed by atoms with Gasteiger partial charge in [-0.1, -0.05) is 30.4 Å². The molecular formula is C20H30O5. The van der Waals surface area contributed by atoms with Crippen LogP contribution in [-0.2, 0) is 9.59 Å². The van der Waals surface area contributed by atoms with Crippen molar-refractivity contribution in [3.8, 4) is 0 Å². The van der Waals surface area contributed by atoms with Crippen molar-refractivity contribution in [2.75, 3.05) is 0 Å². The van der Waals surface area contributed by atoms with Crippen molar-refractivity contribution < 1.29 is 24.9 Å². The quantitative estimate of drug-likeness (QED) is 0.371. The summed E-state index contributed by atoms with van der Waals surface area (Å²) in [5.41, 5.74) is 0. The topological polar surface area (TPSA) is 94.8 Å². The standard InChI is InChI=1S/C20H30O5/c1-2-3-6-9-15(21)12-13-17-16(18(22)14-19(17)23)10-7-4-5-8-11-20(24)25/h2,4,7,12-13,15-17,19,21,23H,1,3,5-6,8-11,14H2,(H,24,25)/b7-4-,13-12+/t15-,16+,17+,19+/m0/s1. The van der Waals surface area contributed by atoms with E-state index >= 15 is 0 Å². The van der Waals surface area contributed by atoms with Crippen LogP contribution in [0.5, 0.6) is 0 Å². The monoisotopic (exact) mass is 350 g/mol. The van der Waals surface area contributed by atoms with Crippen LogP contribution in [0, 0.1) is 11.8 Å². The van der Waals surface area contributed by atoms with E-state index in [4.69, 9.17) is 5.11 Å². The van der Waals surface area contributed by atoms with Gasteiger partial charge in [0.15, 0.2) is 0 Å².